The van der Waals surface area contributed by atoms with Gasteiger partial charge >= 0.3 is 0 Å². The third-order valence-electron chi connectivity index (χ3n) is 3.98. The van der Waals surface area contributed by atoms with Gasteiger partial charge in [0.2, 0.25) is 0 Å². The first kappa shape index (κ1) is 14.0. The summed E-state index contributed by atoms with van der Waals surface area (Å²) in [5, 5.41) is 3.56. The number of nitrogens with one attached hydrogen (secondary N) is 1. The quantitative estimate of drug-likeness (QED) is 0.795. The van der Waals surface area contributed by atoms with Gasteiger partial charge in [0.1, 0.15) is 0 Å². The van der Waals surface area contributed by atoms with Gasteiger partial charge in [0.25, 0.3) is 0 Å². The standard InChI is InChI=1S/C15H26N2S/c1-3-14-6-9-17(10-7-14)11-8-16-12-15-5-4-13(2)18-15/h4-5,14,16H,3,6-12H2,1-2H3. The van der Waals surface area contributed by atoms with Gasteiger partial charge < -0.3 is 10.2 Å². The van der Waals surface area contributed by atoms with Gasteiger partial charge in [-0.2, -0.15) is 0 Å². The molecule has 2 heterocycles. The van der Waals surface area contributed by atoms with E-state index in [9.17, 15) is 0 Å². The Balaban J connectivity index is 1.56. The molecule has 0 bridgehead atoms. The van der Waals surface area contributed by atoms with Crippen LogP contribution in [0.2, 0.25) is 0 Å². The maximum Gasteiger partial charge on any atom is 0.0300 e. The maximum atomic E-state index is 3.56. The van der Waals surface area contributed by atoms with Crippen molar-refractivity contribution in [2.75, 3.05) is 26.2 Å². The Morgan fingerprint density at radius 1 is 1.33 bits per heavy atom. The fourth-order valence-electron chi connectivity index (χ4n) is 2.65. The highest BCUT2D eigenvalue weighted by Crippen LogP contribution is 2.19. The Labute approximate surface area is 115 Å². The van der Waals surface area contributed by atoms with Crippen molar-refractivity contribution in [2.24, 2.45) is 5.92 Å². The van der Waals surface area contributed by atoms with E-state index >= 15 is 0 Å². The molecule has 1 fully saturated rings. The van der Waals surface area contributed by atoms with Crippen LogP contribution in [-0.2, 0) is 6.54 Å². The largest absolute Gasteiger partial charge is 0.311 e. The van der Waals surface area contributed by atoms with Crippen molar-refractivity contribution in [1.82, 2.24) is 10.2 Å². The van der Waals surface area contributed by atoms with Crippen molar-refractivity contribution < 1.29 is 0 Å². The lowest BCUT2D eigenvalue weighted by atomic mass is 9.94. The second kappa shape index (κ2) is 7.27. The zero-order chi connectivity index (χ0) is 12.8. The summed E-state index contributed by atoms with van der Waals surface area (Å²) in [5.41, 5.74) is 0. The molecule has 0 radical (unpaired) electrons. The van der Waals surface area contributed by atoms with Crippen LogP contribution in [0.3, 0.4) is 0 Å². The van der Waals surface area contributed by atoms with Crippen molar-refractivity contribution in [3.05, 3.63) is 21.9 Å². The Morgan fingerprint density at radius 3 is 2.72 bits per heavy atom. The number of piperidine rings is 1. The lowest BCUT2D eigenvalue weighted by Gasteiger charge is -2.31. The number of thiophene rings is 1. The summed E-state index contributed by atoms with van der Waals surface area (Å²) in [6.07, 6.45) is 4.17. The summed E-state index contributed by atoms with van der Waals surface area (Å²) < 4.78 is 0. The van der Waals surface area contributed by atoms with Gasteiger partial charge in [-0.3, -0.25) is 0 Å². The van der Waals surface area contributed by atoms with E-state index in [1.807, 2.05) is 11.3 Å². The molecule has 0 saturated carbocycles. The van der Waals surface area contributed by atoms with Crippen LogP contribution in [0.4, 0.5) is 0 Å². The predicted octanol–water partition coefficient (Wildman–Crippen LogP) is 3.27. The van der Waals surface area contributed by atoms with E-state index < -0.39 is 0 Å². The highest BCUT2D eigenvalue weighted by molar-refractivity contribution is 7.11. The second-order valence-corrected chi connectivity index (χ2v) is 6.75. The van der Waals surface area contributed by atoms with Gasteiger partial charge in [0.15, 0.2) is 0 Å². The van der Waals surface area contributed by atoms with Crippen molar-refractivity contribution in [1.29, 1.82) is 0 Å². The predicted molar refractivity (Wildman–Crippen MR) is 80.2 cm³/mol. The van der Waals surface area contributed by atoms with E-state index in [-0.39, 0.29) is 0 Å². The smallest absolute Gasteiger partial charge is 0.0300 e. The van der Waals surface area contributed by atoms with Crippen molar-refractivity contribution in [3.8, 4) is 0 Å². The minimum absolute atomic E-state index is 0.989. The zero-order valence-corrected chi connectivity index (χ0v) is 12.6. The average Bonchev–Trinajstić information content (AvgIpc) is 2.81. The molecule has 2 nitrogen and oxygen atoms in total. The fraction of sp³-hybridized carbons (Fsp3) is 0.733. The number of hydrogen-bond acceptors (Lipinski definition) is 3. The summed E-state index contributed by atoms with van der Waals surface area (Å²) in [6, 6.07) is 4.44. The fourth-order valence-corrected chi connectivity index (χ4v) is 3.51. The van der Waals surface area contributed by atoms with Crippen molar-refractivity contribution in [3.63, 3.8) is 0 Å². The first-order chi connectivity index (χ1) is 8.78. The molecule has 1 aliphatic rings. The average molecular weight is 266 g/mol. The maximum absolute atomic E-state index is 3.56. The molecule has 3 heteroatoms. The van der Waals surface area contributed by atoms with Crippen LogP contribution in [0.5, 0.6) is 0 Å². The first-order valence-electron chi connectivity index (χ1n) is 7.26. The summed E-state index contributed by atoms with van der Waals surface area (Å²) in [5.74, 6) is 0.989. The molecule has 1 aromatic heterocycles. The first-order valence-corrected chi connectivity index (χ1v) is 8.08. The number of likely N-dealkylation sites (tertiary alicyclic amines) is 1. The van der Waals surface area contributed by atoms with E-state index in [4.69, 9.17) is 0 Å². The zero-order valence-electron chi connectivity index (χ0n) is 11.7. The number of rotatable bonds is 6. The lowest BCUT2D eigenvalue weighted by molar-refractivity contribution is 0.182. The number of nitrogens with zero attached hydrogens (tertiary/aromatic N) is 1. The Morgan fingerprint density at radius 2 is 2.11 bits per heavy atom. The molecule has 1 saturated heterocycles. The van der Waals surface area contributed by atoms with E-state index in [2.05, 4.69) is 36.2 Å². The molecule has 102 valence electrons. The van der Waals surface area contributed by atoms with E-state index in [1.54, 1.807) is 0 Å². The lowest BCUT2D eigenvalue weighted by Crippen LogP contribution is -2.38. The Hall–Kier alpha value is -0.380. The molecule has 1 aliphatic heterocycles. The summed E-state index contributed by atoms with van der Waals surface area (Å²) in [7, 11) is 0. The van der Waals surface area contributed by atoms with E-state index in [0.29, 0.717) is 0 Å². The van der Waals surface area contributed by atoms with E-state index in [1.165, 1.54) is 48.7 Å². The van der Waals surface area contributed by atoms with Crippen LogP contribution in [0.1, 0.15) is 35.9 Å². The third-order valence-corrected chi connectivity index (χ3v) is 4.99. The molecule has 1 N–H and O–H groups in total. The van der Waals surface area contributed by atoms with Crippen LogP contribution in [0.15, 0.2) is 12.1 Å². The topological polar surface area (TPSA) is 15.3 Å². The normalized spacial score (nSPS) is 18.3. The van der Waals surface area contributed by atoms with Gasteiger partial charge in [-0.1, -0.05) is 13.3 Å². The van der Waals surface area contributed by atoms with Gasteiger partial charge in [-0.05, 0) is 50.9 Å². The molecule has 1 aromatic rings. The summed E-state index contributed by atoms with van der Waals surface area (Å²) in [4.78, 5) is 5.48. The molecule has 0 atom stereocenters. The van der Waals surface area contributed by atoms with Crippen molar-refractivity contribution in [2.45, 2.75) is 39.7 Å². The van der Waals surface area contributed by atoms with Gasteiger partial charge in [0, 0.05) is 29.4 Å². The molecule has 0 unspecified atom stereocenters. The van der Waals surface area contributed by atoms with E-state index in [0.717, 1.165) is 19.0 Å². The molecule has 0 aliphatic carbocycles. The highest BCUT2D eigenvalue weighted by Gasteiger charge is 2.16. The number of aryl methyl sites for hydroxylation is 1. The minimum atomic E-state index is 0.989. The molecule has 0 spiro atoms. The molecule has 0 amide bonds. The summed E-state index contributed by atoms with van der Waals surface area (Å²) in [6.45, 7) is 10.5. The Kier molecular flexibility index (Phi) is 5.67. The number of hydrogen-bond donors (Lipinski definition) is 1. The monoisotopic (exact) mass is 266 g/mol. The summed E-state index contributed by atoms with van der Waals surface area (Å²) >= 11 is 1.90. The van der Waals surface area contributed by atoms with Gasteiger partial charge in [-0.15, -0.1) is 11.3 Å². The van der Waals surface area contributed by atoms with Crippen LogP contribution < -0.4 is 5.32 Å². The van der Waals surface area contributed by atoms with Crippen molar-refractivity contribution >= 4 is 11.3 Å². The van der Waals surface area contributed by atoms with Crippen LogP contribution in [-0.4, -0.2) is 31.1 Å². The van der Waals surface area contributed by atoms with Crippen LogP contribution in [0.25, 0.3) is 0 Å². The van der Waals surface area contributed by atoms with Crippen LogP contribution in [0, 0.1) is 12.8 Å². The third kappa shape index (κ3) is 4.38. The SMILES string of the molecule is CCC1CCN(CCNCc2ccc(C)s2)CC1. The second-order valence-electron chi connectivity index (χ2n) is 5.38. The van der Waals surface area contributed by atoms with Crippen LogP contribution >= 0.6 is 11.3 Å². The highest BCUT2D eigenvalue weighted by atomic mass is 32.1. The molecular weight excluding hydrogens is 240 g/mol. The van der Waals surface area contributed by atoms with Gasteiger partial charge in [-0.25, -0.2) is 0 Å². The van der Waals surface area contributed by atoms with Gasteiger partial charge in [0.05, 0.1) is 0 Å². The minimum Gasteiger partial charge on any atom is -0.311 e. The molecule has 0 aromatic carbocycles. The molecule has 2 rings (SSSR count). The molecular formula is C15H26N2S. The Bertz CT molecular complexity index is 340. The molecule has 18 heavy (non-hydrogen) atoms.